The number of benzene rings is 3. The molecule has 3 aromatic rings. The van der Waals surface area contributed by atoms with Gasteiger partial charge in [0.05, 0.1) is 23.6 Å². The summed E-state index contributed by atoms with van der Waals surface area (Å²) >= 11 is 0. The summed E-state index contributed by atoms with van der Waals surface area (Å²) in [5, 5.41) is 15.7. The number of hydroxylamine groups is 1. The van der Waals surface area contributed by atoms with Crippen molar-refractivity contribution in [2.24, 2.45) is 0 Å². The molecule has 2 aliphatic heterocycles. The topological polar surface area (TPSA) is 85.9 Å². The SMILES string of the molecule is CC1CN(Cc2cccc(-c3ccc(C4Nc5ccc(C(=O)NO)cc5N4)cc3)c2)CC(C)O1. The number of fused-ring (bicyclic) bond motifs is 1. The molecule has 176 valence electrons. The fourth-order valence-electron chi connectivity index (χ4n) is 4.90. The first-order chi connectivity index (χ1) is 16.5. The van der Waals surface area contributed by atoms with E-state index in [4.69, 9.17) is 9.94 Å². The highest BCUT2D eigenvalue weighted by molar-refractivity contribution is 5.96. The van der Waals surface area contributed by atoms with Crippen LogP contribution in [0.1, 0.15) is 41.5 Å². The van der Waals surface area contributed by atoms with Gasteiger partial charge in [0.15, 0.2) is 0 Å². The van der Waals surface area contributed by atoms with Crippen molar-refractivity contribution in [3.63, 3.8) is 0 Å². The minimum Gasteiger partial charge on any atom is -0.373 e. The highest BCUT2D eigenvalue weighted by Gasteiger charge is 2.23. The van der Waals surface area contributed by atoms with Gasteiger partial charge in [-0.05, 0) is 60.4 Å². The van der Waals surface area contributed by atoms with Crippen molar-refractivity contribution < 1.29 is 14.7 Å². The van der Waals surface area contributed by atoms with E-state index in [0.29, 0.717) is 5.56 Å². The Morgan fingerprint density at radius 1 is 0.971 bits per heavy atom. The van der Waals surface area contributed by atoms with Crippen LogP contribution in [-0.4, -0.2) is 41.3 Å². The number of carbonyl (C=O) groups is 1. The first kappa shape index (κ1) is 22.4. The predicted octanol–water partition coefficient (Wildman–Crippen LogP) is 4.62. The van der Waals surface area contributed by atoms with Gasteiger partial charge in [-0.1, -0.05) is 42.5 Å². The van der Waals surface area contributed by atoms with Crippen molar-refractivity contribution in [2.45, 2.75) is 38.8 Å². The molecular formula is C27H30N4O3. The lowest BCUT2D eigenvalue weighted by molar-refractivity contribution is -0.0704. The predicted molar refractivity (Wildman–Crippen MR) is 133 cm³/mol. The molecule has 5 rings (SSSR count). The molecule has 7 nitrogen and oxygen atoms in total. The van der Waals surface area contributed by atoms with Crippen molar-refractivity contribution in [1.82, 2.24) is 10.4 Å². The lowest BCUT2D eigenvalue weighted by Crippen LogP contribution is -2.44. The van der Waals surface area contributed by atoms with Gasteiger partial charge in [0.2, 0.25) is 0 Å². The van der Waals surface area contributed by atoms with Gasteiger partial charge in [0, 0.05) is 25.2 Å². The summed E-state index contributed by atoms with van der Waals surface area (Å²) in [6, 6.07) is 22.5. The molecule has 1 saturated heterocycles. The molecule has 0 radical (unpaired) electrons. The Kier molecular flexibility index (Phi) is 6.24. The second kappa shape index (κ2) is 9.46. The fourth-order valence-corrected chi connectivity index (χ4v) is 4.90. The third-order valence-electron chi connectivity index (χ3n) is 6.39. The van der Waals surface area contributed by atoms with Crippen LogP contribution in [-0.2, 0) is 11.3 Å². The number of carbonyl (C=O) groups excluding carboxylic acids is 1. The molecule has 7 heteroatoms. The van der Waals surface area contributed by atoms with Gasteiger partial charge in [0.1, 0.15) is 6.17 Å². The summed E-state index contributed by atoms with van der Waals surface area (Å²) in [6.45, 7) is 7.11. The van der Waals surface area contributed by atoms with Crippen molar-refractivity contribution in [1.29, 1.82) is 0 Å². The fraction of sp³-hybridized carbons (Fsp3) is 0.296. The molecule has 1 fully saturated rings. The number of nitrogens with zero attached hydrogens (tertiary/aromatic N) is 1. The number of hydrogen-bond acceptors (Lipinski definition) is 6. The lowest BCUT2D eigenvalue weighted by Gasteiger charge is -2.35. The normalized spacial score (nSPS) is 21.9. The smallest absolute Gasteiger partial charge is 0.274 e. The van der Waals surface area contributed by atoms with Gasteiger partial charge in [-0.15, -0.1) is 0 Å². The maximum atomic E-state index is 11.7. The second-order valence-electron chi connectivity index (χ2n) is 9.20. The molecule has 3 aromatic carbocycles. The maximum absolute atomic E-state index is 11.7. The van der Waals surface area contributed by atoms with Crippen molar-refractivity contribution in [2.75, 3.05) is 23.7 Å². The van der Waals surface area contributed by atoms with Crippen molar-refractivity contribution in [3.8, 4) is 11.1 Å². The van der Waals surface area contributed by atoms with Crippen LogP contribution in [0.3, 0.4) is 0 Å². The quantitative estimate of drug-likeness (QED) is 0.330. The molecule has 3 unspecified atom stereocenters. The summed E-state index contributed by atoms with van der Waals surface area (Å²) in [4.78, 5) is 14.1. The van der Waals surface area contributed by atoms with Gasteiger partial charge >= 0.3 is 0 Å². The van der Waals surface area contributed by atoms with Crippen LogP contribution in [0, 0.1) is 0 Å². The first-order valence-corrected chi connectivity index (χ1v) is 11.7. The van der Waals surface area contributed by atoms with Crippen LogP contribution in [0.25, 0.3) is 11.1 Å². The van der Waals surface area contributed by atoms with Crippen LogP contribution in [0.4, 0.5) is 11.4 Å². The highest BCUT2D eigenvalue weighted by Crippen LogP contribution is 2.36. The number of ether oxygens (including phenoxy) is 1. The van der Waals surface area contributed by atoms with E-state index >= 15 is 0 Å². The van der Waals surface area contributed by atoms with E-state index in [9.17, 15) is 4.79 Å². The summed E-state index contributed by atoms with van der Waals surface area (Å²) < 4.78 is 5.86. The third kappa shape index (κ3) is 4.77. The largest absolute Gasteiger partial charge is 0.373 e. The Bertz CT molecular complexity index is 1170. The monoisotopic (exact) mass is 458 g/mol. The zero-order chi connectivity index (χ0) is 23.7. The van der Waals surface area contributed by atoms with Crippen molar-refractivity contribution in [3.05, 3.63) is 83.4 Å². The van der Waals surface area contributed by atoms with Gasteiger partial charge in [-0.25, -0.2) is 5.48 Å². The van der Waals surface area contributed by atoms with E-state index in [1.807, 2.05) is 6.07 Å². The molecule has 2 heterocycles. The Labute approximate surface area is 199 Å². The maximum Gasteiger partial charge on any atom is 0.274 e. The molecule has 2 aliphatic rings. The zero-order valence-corrected chi connectivity index (χ0v) is 19.4. The van der Waals surface area contributed by atoms with E-state index < -0.39 is 5.91 Å². The number of morpholine rings is 1. The number of nitrogens with one attached hydrogen (secondary N) is 3. The number of hydrogen-bond donors (Lipinski definition) is 4. The Balaban J connectivity index is 1.27. The molecule has 0 aromatic heterocycles. The van der Waals surface area contributed by atoms with Gasteiger partial charge in [0.25, 0.3) is 5.91 Å². The third-order valence-corrected chi connectivity index (χ3v) is 6.39. The lowest BCUT2D eigenvalue weighted by atomic mass is 10.0. The molecule has 3 atom stereocenters. The summed E-state index contributed by atoms with van der Waals surface area (Å²) in [5.74, 6) is -0.530. The van der Waals surface area contributed by atoms with Crippen molar-refractivity contribution >= 4 is 17.3 Å². The van der Waals surface area contributed by atoms with Crippen LogP contribution < -0.4 is 16.1 Å². The average molecular weight is 459 g/mol. The van der Waals surface area contributed by atoms with Crippen LogP contribution in [0.5, 0.6) is 0 Å². The molecule has 0 bridgehead atoms. The molecule has 1 amide bonds. The van der Waals surface area contributed by atoms with E-state index in [2.05, 4.69) is 77.9 Å². The molecule has 0 saturated carbocycles. The Morgan fingerprint density at radius 2 is 1.71 bits per heavy atom. The Morgan fingerprint density at radius 3 is 2.44 bits per heavy atom. The minimum atomic E-state index is -0.530. The second-order valence-corrected chi connectivity index (χ2v) is 9.20. The molecular weight excluding hydrogens is 428 g/mol. The average Bonchev–Trinajstić information content (AvgIpc) is 3.27. The van der Waals surface area contributed by atoms with Crippen LogP contribution >= 0.6 is 0 Å². The number of rotatable bonds is 5. The molecule has 4 N–H and O–H groups in total. The molecule has 0 aliphatic carbocycles. The summed E-state index contributed by atoms with van der Waals surface area (Å²) in [7, 11) is 0. The standard InChI is InChI=1S/C27H30N4O3/c1-17-14-31(15-18(2)34-17)16-19-4-3-5-22(12-19)20-6-8-21(9-7-20)26-28-24-11-10-23(27(32)30-33)13-25(24)29-26/h3-13,17-18,26,28-29,33H,14-16H2,1-2H3,(H,30,32). The van der Waals surface area contributed by atoms with Crippen LogP contribution in [0.15, 0.2) is 66.7 Å². The number of amides is 1. The minimum absolute atomic E-state index is 0.0897. The molecule has 34 heavy (non-hydrogen) atoms. The summed E-state index contributed by atoms with van der Waals surface area (Å²) in [5.41, 5.74) is 8.59. The van der Waals surface area contributed by atoms with Gasteiger partial charge in [-0.3, -0.25) is 14.9 Å². The first-order valence-electron chi connectivity index (χ1n) is 11.7. The summed E-state index contributed by atoms with van der Waals surface area (Å²) in [6.07, 6.45) is 0.441. The van der Waals surface area contributed by atoms with E-state index in [0.717, 1.165) is 36.6 Å². The van der Waals surface area contributed by atoms with E-state index in [-0.39, 0.29) is 18.4 Å². The van der Waals surface area contributed by atoms with Gasteiger partial charge < -0.3 is 15.4 Å². The van der Waals surface area contributed by atoms with E-state index in [1.54, 1.807) is 17.6 Å². The van der Waals surface area contributed by atoms with E-state index in [1.165, 1.54) is 16.7 Å². The zero-order valence-electron chi connectivity index (χ0n) is 19.4. The molecule has 0 spiro atoms. The highest BCUT2D eigenvalue weighted by atomic mass is 16.5. The van der Waals surface area contributed by atoms with Gasteiger partial charge in [-0.2, -0.15) is 0 Å². The number of anilines is 2. The Hall–Kier alpha value is -3.39. The van der Waals surface area contributed by atoms with Crippen LogP contribution in [0.2, 0.25) is 0 Å².